The van der Waals surface area contributed by atoms with Crippen LogP contribution >= 0.6 is 0 Å². The first-order chi connectivity index (χ1) is 7.86. The van der Waals surface area contributed by atoms with Crippen LogP contribution < -0.4 is 5.73 Å². The minimum Gasteiger partial charge on any atom is -0.327 e. The summed E-state index contributed by atoms with van der Waals surface area (Å²) < 4.78 is 0. The molecule has 0 radical (unpaired) electrons. The van der Waals surface area contributed by atoms with E-state index in [9.17, 15) is 0 Å². The average molecular weight is 217 g/mol. The lowest BCUT2D eigenvalue weighted by atomic mass is 9.82. The molecule has 1 aliphatic carbocycles. The van der Waals surface area contributed by atoms with Crippen LogP contribution in [0.2, 0.25) is 0 Å². The Balaban J connectivity index is 1.76. The monoisotopic (exact) mass is 217 g/mol. The quantitative estimate of drug-likeness (QED) is 0.820. The summed E-state index contributed by atoms with van der Waals surface area (Å²) in [5, 5.41) is 0. The van der Waals surface area contributed by atoms with E-state index in [1.807, 2.05) is 0 Å². The molecule has 0 heterocycles. The third kappa shape index (κ3) is 3.34. The molecule has 0 spiro atoms. The zero-order valence-corrected chi connectivity index (χ0v) is 10.1. The van der Waals surface area contributed by atoms with Gasteiger partial charge >= 0.3 is 0 Å². The molecule has 2 N–H and O–H groups in total. The Hall–Kier alpha value is -0.820. The van der Waals surface area contributed by atoms with Gasteiger partial charge in [-0.3, -0.25) is 0 Å². The molecule has 0 bridgehead atoms. The Bertz CT molecular complexity index is 288. The number of hydrogen-bond donors (Lipinski definition) is 1. The van der Waals surface area contributed by atoms with E-state index in [2.05, 4.69) is 30.3 Å². The highest BCUT2D eigenvalue weighted by Crippen LogP contribution is 2.27. The van der Waals surface area contributed by atoms with E-state index in [0.29, 0.717) is 6.04 Å². The lowest BCUT2D eigenvalue weighted by Gasteiger charge is -2.27. The van der Waals surface area contributed by atoms with Gasteiger partial charge in [0.1, 0.15) is 0 Å². The topological polar surface area (TPSA) is 26.0 Å². The van der Waals surface area contributed by atoms with Gasteiger partial charge in [-0.05, 0) is 37.2 Å². The average Bonchev–Trinajstić information content (AvgIpc) is 2.38. The van der Waals surface area contributed by atoms with Gasteiger partial charge in [0.15, 0.2) is 0 Å². The summed E-state index contributed by atoms with van der Waals surface area (Å²) in [5.41, 5.74) is 7.72. The molecule has 0 saturated heterocycles. The summed E-state index contributed by atoms with van der Waals surface area (Å²) >= 11 is 0. The van der Waals surface area contributed by atoms with Crippen LogP contribution in [0.5, 0.6) is 0 Å². The molecule has 2 rings (SSSR count). The molecule has 1 fully saturated rings. The molecule has 1 unspecified atom stereocenters. The summed E-state index contributed by atoms with van der Waals surface area (Å²) in [4.78, 5) is 0. The van der Waals surface area contributed by atoms with E-state index in [1.165, 1.54) is 37.7 Å². The first-order valence-corrected chi connectivity index (χ1v) is 6.66. The van der Waals surface area contributed by atoms with Crippen LogP contribution in [-0.2, 0) is 6.42 Å². The van der Waals surface area contributed by atoms with E-state index in [1.54, 1.807) is 0 Å². The van der Waals surface area contributed by atoms with E-state index >= 15 is 0 Å². The van der Waals surface area contributed by atoms with Crippen molar-refractivity contribution in [3.63, 3.8) is 0 Å². The van der Waals surface area contributed by atoms with Gasteiger partial charge in [-0.1, -0.05) is 49.6 Å². The third-order valence-corrected chi connectivity index (χ3v) is 3.86. The van der Waals surface area contributed by atoms with E-state index < -0.39 is 0 Å². The molecule has 1 aromatic carbocycles. The van der Waals surface area contributed by atoms with Crippen molar-refractivity contribution in [1.82, 2.24) is 0 Å². The number of nitrogens with two attached hydrogens (primary N) is 1. The van der Waals surface area contributed by atoms with Gasteiger partial charge in [0.2, 0.25) is 0 Å². The molecule has 1 heteroatoms. The maximum absolute atomic E-state index is 6.30. The number of benzene rings is 1. The van der Waals surface area contributed by atoms with Crippen molar-refractivity contribution >= 4 is 0 Å². The summed E-state index contributed by atoms with van der Waals surface area (Å²) in [6.45, 7) is 0. The molecule has 16 heavy (non-hydrogen) atoms. The fraction of sp³-hybridized carbons (Fsp3) is 0.600. The van der Waals surface area contributed by atoms with Gasteiger partial charge < -0.3 is 5.73 Å². The third-order valence-electron chi connectivity index (χ3n) is 3.86. The van der Waals surface area contributed by atoms with Crippen LogP contribution in [0.3, 0.4) is 0 Å². The van der Waals surface area contributed by atoms with E-state index in [0.717, 1.165) is 18.8 Å². The largest absolute Gasteiger partial charge is 0.327 e. The van der Waals surface area contributed by atoms with E-state index in [4.69, 9.17) is 5.73 Å². The molecule has 1 aromatic rings. The molecular formula is C15H23N. The molecular weight excluding hydrogens is 194 g/mol. The van der Waals surface area contributed by atoms with Crippen LogP contribution in [0.25, 0.3) is 0 Å². The number of aryl methyl sites for hydroxylation is 1. The smallest absolute Gasteiger partial charge is 0.00703 e. The van der Waals surface area contributed by atoms with Crippen molar-refractivity contribution in [1.29, 1.82) is 0 Å². The first-order valence-electron chi connectivity index (χ1n) is 6.66. The van der Waals surface area contributed by atoms with Gasteiger partial charge in [0.05, 0.1) is 0 Å². The lowest BCUT2D eigenvalue weighted by Crippen LogP contribution is -2.32. The minimum absolute atomic E-state index is 0.417. The van der Waals surface area contributed by atoms with Crippen molar-refractivity contribution in [2.45, 2.75) is 51.0 Å². The molecule has 1 aliphatic rings. The van der Waals surface area contributed by atoms with Crippen molar-refractivity contribution in [3.8, 4) is 0 Å². The minimum atomic E-state index is 0.417. The van der Waals surface area contributed by atoms with Gasteiger partial charge in [-0.15, -0.1) is 0 Å². The van der Waals surface area contributed by atoms with Crippen molar-refractivity contribution in [2.75, 3.05) is 0 Å². The standard InChI is InChI=1S/C15H23N/c16-15(14-9-5-2-6-10-14)12-11-13-7-3-1-4-8-13/h1,3-4,7-8,14-15H,2,5-6,9-12,16H2. The Morgan fingerprint density at radius 3 is 2.44 bits per heavy atom. The Labute approximate surface area is 99.0 Å². The molecule has 0 amide bonds. The van der Waals surface area contributed by atoms with Crippen molar-refractivity contribution in [3.05, 3.63) is 35.9 Å². The summed E-state index contributed by atoms with van der Waals surface area (Å²) in [5.74, 6) is 0.789. The zero-order chi connectivity index (χ0) is 11.2. The van der Waals surface area contributed by atoms with E-state index in [-0.39, 0.29) is 0 Å². The zero-order valence-electron chi connectivity index (χ0n) is 10.1. The van der Waals surface area contributed by atoms with Crippen molar-refractivity contribution in [2.24, 2.45) is 11.7 Å². The van der Waals surface area contributed by atoms with Crippen LogP contribution in [-0.4, -0.2) is 6.04 Å². The highest BCUT2D eigenvalue weighted by molar-refractivity contribution is 5.14. The van der Waals surface area contributed by atoms with Gasteiger partial charge in [-0.2, -0.15) is 0 Å². The summed E-state index contributed by atoms with van der Waals surface area (Å²) in [6.07, 6.45) is 9.20. The Morgan fingerprint density at radius 2 is 1.75 bits per heavy atom. The fourth-order valence-corrected chi connectivity index (χ4v) is 2.78. The maximum Gasteiger partial charge on any atom is 0.00703 e. The Morgan fingerprint density at radius 1 is 1.06 bits per heavy atom. The molecule has 1 atom stereocenters. The predicted molar refractivity (Wildman–Crippen MR) is 69.3 cm³/mol. The van der Waals surface area contributed by atoms with Crippen LogP contribution in [0.4, 0.5) is 0 Å². The van der Waals surface area contributed by atoms with Crippen molar-refractivity contribution < 1.29 is 0 Å². The van der Waals surface area contributed by atoms with Gasteiger partial charge in [0.25, 0.3) is 0 Å². The molecule has 0 aromatic heterocycles. The number of hydrogen-bond acceptors (Lipinski definition) is 1. The SMILES string of the molecule is NC(CCc1ccccc1)C1CCCCC1. The predicted octanol–water partition coefficient (Wildman–Crippen LogP) is 3.53. The van der Waals surface area contributed by atoms with Crippen LogP contribution in [0.1, 0.15) is 44.1 Å². The molecule has 0 aliphatic heterocycles. The highest BCUT2D eigenvalue weighted by atomic mass is 14.6. The Kier molecular flexibility index (Phi) is 4.41. The lowest BCUT2D eigenvalue weighted by molar-refractivity contribution is 0.295. The summed E-state index contributed by atoms with van der Waals surface area (Å²) in [6, 6.07) is 11.1. The van der Waals surface area contributed by atoms with Gasteiger partial charge in [-0.25, -0.2) is 0 Å². The molecule has 88 valence electrons. The highest BCUT2D eigenvalue weighted by Gasteiger charge is 2.19. The number of rotatable bonds is 4. The summed E-state index contributed by atoms with van der Waals surface area (Å²) in [7, 11) is 0. The van der Waals surface area contributed by atoms with Crippen LogP contribution in [0, 0.1) is 5.92 Å². The normalized spacial score (nSPS) is 19.6. The fourth-order valence-electron chi connectivity index (χ4n) is 2.78. The second-order valence-electron chi connectivity index (χ2n) is 5.09. The second-order valence-corrected chi connectivity index (χ2v) is 5.09. The molecule has 1 nitrogen and oxygen atoms in total. The molecule has 1 saturated carbocycles. The first kappa shape index (κ1) is 11.7. The second kappa shape index (κ2) is 6.05. The van der Waals surface area contributed by atoms with Gasteiger partial charge in [0, 0.05) is 6.04 Å². The van der Waals surface area contributed by atoms with Crippen LogP contribution in [0.15, 0.2) is 30.3 Å². The maximum atomic E-state index is 6.30.